The summed E-state index contributed by atoms with van der Waals surface area (Å²) in [6.45, 7) is 5.63. The Balaban J connectivity index is 2.69. The molecule has 0 fully saturated rings. The Labute approximate surface area is 124 Å². The number of hydrogen-bond donors (Lipinski definition) is 2. The monoisotopic (exact) mass is 381 g/mol. The number of carbonyl (C=O) groups excluding carboxylic acids is 1. The number of carboxylic acids is 1. The molecule has 0 aliphatic heterocycles. The van der Waals surface area contributed by atoms with Gasteiger partial charge in [0.25, 0.3) is 5.91 Å². The first-order chi connectivity index (χ1) is 8.23. The van der Waals surface area contributed by atoms with Crippen molar-refractivity contribution in [3.8, 4) is 0 Å². The van der Waals surface area contributed by atoms with Crippen LogP contribution >= 0.6 is 33.9 Å². The van der Waals surface area contributed by atoms with E-state index in [1.807, 2.05) is 26.2 Å². The fourth-order valence-electron chi connectivity index (χ4n) is 1.43. The molecule has 18 heavy (non-hydrogen) atoms. The van der Waals surface area contributed by atoms with Crippen molar-refractivity contribution >= 4 is 45.8 Å². The summed E-state index contributed by atoms with van der Waals surface area (Å²) in [4.78, 5) is 23.3. The minimum atomic E-state index is -0.848. The molecule has 1 aromatic rings. The van der Waals surface area contributed by atoms with Crippen LogP contribution in [-0.4, -0.2) is 22.5 Å². The molecular formula is C12H16INO3S. The molecule has 0 saturated heterocycles. The SMILES string of the molecule is Cc1csc(C(=O)NC(C)(C)CCC(=O)O)c1I. The van der Waals surface area contributed by atoms with Crippen LogP contribution in [0.3, 0.4) is 0 Å². The Kier molecular flexibility index (Phi) is 5.15. The molecule has 0 aliphatic rings. The summed E-state index contributed by atoms with van der Waals surface area (Å²) in [6.07, 6.45) is 0.461. The molecule has 0 radical (unpaired) electrons. The predicted molar refractivity (Wildman–Crippen MR) is 80.2 cm³/mol. The van der Waals surface area contributed by atoms with Gasteiger partial charge in [0, 0.05) is 15.5 Å². The minimum absolute atomic E-state index is 0.0494. The highest BCUT2D eigenvalue weighted by atomic mass is 127. The fourth-order valence-corrected chi connectivity index (χ4v) is 3.26. The lowest BCUT2D eigenvalue weighted by Gasteiger charge is -2.25. The van der Waals surface area contributed by atoms with Gasteiger partial charge in [0.2, 0.25) is 0 Å². The lowest BCUT2D eigenvalue weighted by Crippen LogP contribution is -2.43. The number of halogens is 1. The maximum atomic E-state index is 12.1. The first kappa shape index (κ1) is 15.4. The van der Waals surface area contributed by atoms with Crippen LogP contribution in [-0.2, 0) is 4.79 Å². The zero-order chi connectivity index (χ0) is 13.9. The van der Waals surface area contributed by atoms with E-state index in [0.29, 0.717) is 11.3 Å². The molecule has 1 amide bonds. The van der Waals surface area contributed by atoms with Crippen LogP contribution in [0.2, 0.25) is 0 Å². The second kappa shape index (κ2) is 6.01. The van der Waals surface area contributed by atoms with Crippen LogP contribution in [0.25, 0.3) is 0 Å². The van der Waals surface area contributed by atoms with Gasteiger partial charge < -0.3 is 10.4 Å². The molecular weight excluding hydrogens is 365 g/mol. The third-order valence-electron chi connectivity index (χ3n) is 2.52. The van der Waals surface area contributed by atoms with E-state index in [2.05, 4.69) is 27.9 Å². The quantitative estimate of drug-likeness (QED) is 0.771. The van der Waals surface area contributed by atoms with Crippen molar-refractivity contribution in [3.05, 3.63) is 19.4 Å². The van der Waals surface area contributed by atoms with Crippen molar-refractivity contribution in [1.82, 2.24) is 5.32 Å². The molecule has 100 valence electrons. The summed E-state index contributed by atoms with van der Waals surface area (Å²) >= 11 is 3.57. The van der Waals surface area contributed by atoms with Crippen molar-refractivity contribution in [2.45, 2.75) is 39.2 Å². The summed E-state index contributed by atoms with van der Waals surface area (Å²) in [5.41, 5.74) is 0.574. The molecule has 0 saturated carbocycles. The van der Waals surface area contributed by atoms with Crippen LogP contribution in [0.1, 0.15) is 41.9 Å². The lowest BCUT2D eigenvalue weighted by atomic mass is 9.98. The number of amides is 1. The molecule has 0 unspecified atom stereocenters. The van der Waals surface area contributed by atoms with Crippen LogP contribution < -0.4 is 5.32 Å². The molecule has 0 aromatic carbocycles. The summed E-state index contributed by atoms with van der Waals surface area (Å²) in [6, 6.07) is 0. The molecule has 1 rings (SSSR count). The normalized spacial score (nSPS) is 11.3. The lowest BCUT2D eigenvalue weighted by molar-refractivity contribution is -0.137. The van der Waals surface area contributed by atoms with E-state index in [1.54, 1.807) is 0 Å². The van der Waals surface area contributed by atoms with Crippen molar-refractivity contribution in [2.75, 3.05) is 0 Å². The molecule has 0 bridgehead atoms. The number of nitrogens with one attached hydrogen (secondary N) is 1. The summed E-state index contributed by atoms with van der Waals surface area (Å²) in [7, 11) is 0. The van der Waals surface area contributed by atoms with Crippen LogP contribution in [0.4, 0.5) is 0 Å². The highest BCUT2D eigenvalue weighted by molar-refractivity contribution is 14.1. The van der Waals surface area contributed by atoms with Gasteiger partial charge >= 0.3 is 5.97 Å². The maximum absolute atomic E-state index is 12.1. The number of aliphatic carboxylic acids is 1. The Morgan fingerprint density at radius 2 is 2.11 bits per heavy atom. The molecule has 4 nitrogen and oxygen atoms in total. The number of carboxylic acid groups (broad SMARTS) is 1. The van der Waals surface area contributed by atoms with Crippen molar-refractivity contribution < 1.29 is 14.7 Å². The molecule has 1 aromatic heterocycles. The first-order valence-corrected chi connectivity index (χ1v) is 7.46. The van der Waals surface area contributed by atoms with E-state index >= 15 is 0 Å². The number of rotatable bonds is 5. The van der Waals surface area contributed by atoms with E-state index in [9.17, 15) is 9.59 Å². The molecule has 0 spiro atoms. The van der Waals surface area contributed by atoms with E-state index in [1.165, 1.54) is 11.3 Å². The second-order valence-corrected chi connectivity index (χ2v) is 6.75. The summed E-state index contributed by atoms with van der Waals surface area (Å²) in [5.74, 6) is -0.980. The third kappa shape index (κ3) is 4.24. The van der Waals surface area contributed by atoms with E-state index in [0.717, 1.165) is 9.13 Å². The van der Waals surface area contributed by atoms with Crippen LogP contribution in [0.5, 0.6) is 0 Å². The Bertz CT molecular complexity index is 468. The number of hydrogen-bond acceptors (Lipinski definition) is 3. The second-order valence-electron chi connectivity index (χ2n) is 4.79. The Morgan fingerprint density at radius 3 is 2.56 bits per heavy atom. The molecule has 0 aliphatic carbocycles. The van der Waals surface area contributed by atoms with Crippen molar-refractivity contribution in [1.29, 1.82) is 0 Å². The summed E-state index contributed by atoms with van der Waals surface area (Å²) in [5, 5.41) is 13.5. The van der Waals surface area contributed by atoms with Gasteiger partial charge in [-0.1, -0.05) is 0 Å². The fraction of sp³-hybridized carbons (Fsp3) is 0.500. The topological polar surface area (TPSA) is 66.4 Å². The van der Waals surface area contributed by atoms with Gasteiger partial charge in [0.1, 0.15) is 4.88 Å². The van der Waals surface area contributed by atoms with Crippen molar-refractivity contribution in [3.63, 3.8) is 0 Å². The largest absolute Gasteiger partial charge is 0.481 e. The zero-order valence-corrected chi connectivity index (χ0v) is 13.5. The minimum Gasteiger partial charge on any atom is -0.481 e. The predicted octanol–water partition coefficient (Wildman–Crippen LogP) is 3.03. The van der Waals surface area contributed by atoms with Gasteiger partial charge in [-0.05, 0) is 60.7 Å². The summed E-state index contributed by atoms with van der Waals surface area (Å²) < 4.78 is 0.962. The van der Waals surface area contributed by atoms with E-state index in [4.69, 9.17) is 5.11 Å². The molecule has 1 heterocycles. The Hall–Kier alpha value is -0.630. The average Bonchev–Trinajstić information content (AvgIpc) is 2.56. The smallest absolute Gasteiger partial charge is 0.303 e. The van der Waals surface area contributed by atoms with Gasteiger partial charge in [-0.15, -0.1) is 11.3 Å². The van der Waals surface area contributed by atoms with Crippen molar-refractivity contribution in [2.24, 2.45) is 0 Å². The standard InChI is InChI=1S/C12H16INO3S/c1-7-6-18-10(9(7)13)11(17)14-12(2,3)5-4-8(15)16/h6H,4-5H2,1-3H3,(H,14,17)(H,15,16). The molecule has 6 heteroatoms. The average molecular weight is 381 g/mol. The highest BCUT2D eigenvalue weighted by Crippen LogP contribution is 2.24. The Morgan fingerprint density at radius 1 is 1.50 bits per heavy atom. The maximum Gasteiger partial charge on any atom is 0.303 e. The number of carbonyl (C=O) groups is 2. The van der Waals surface area contributed by atoms with Gasteiger partial charge in [-0.3, -0.25) is 9.59 Å². The third-order valence-corrected chi connectivity index (χ3v) is 5.37. The zero-order valence-electron chi connectivity index (χ0n) is 10.5. The number of thiophene rings is 1. The number of aryl methyl sites for hydroxylation is 1. The van der Waals surface area contributed by atoms with Gasteiger partial charge in [-0.2, -0.15) is 0 Å². The van der Waals surface area contributed by atoms with E-state index < -0.39 is 11.5 Å². The van der Waals surface area contributed by atoms with Gasteiger partial charge in [0.05, 0.1) is 0 Å². The van der Waals surface area contributed by atoms with E-state index in [-0.39, 0.29) is 12.3 Å². The van der Waals surface area contributed by atoms with Crippen LogP contribution in [0, 0.1) is 10.5 Å². The van der Waals surface area contributed by atoms with Gasteiger partial charge in [-0.25, -0.2) is 0 Å². The van der Waals surface area contributed by atoms with Gasteiger partial charge in [0.15, 0.2) is 0 Å². The first-order valence-electron chi connectivity index (χ1n) is 5.51. The van der Waals surface area contributed by atoms with Crippen LogP contribution in [0.15, 0.2) is 5.38 Å². The molecule has 0 atom stereocenters. The molecule has 2 N–H and O–H groups in total. The highest BCUT2D eigenvalue weighted by Gasteiger charge is 2.24.